The van der Waals surface area contributed by atoms with Crippen LogP contribution < -0.4 is 10.9 Å². The predicted molar refractivity (Wildman–Crippen MR) is 92.3 cm³/mol. The molecule has 0 aliphatic carbocycles. The topological polar surface area (TPSA) is 82.3 Å². The number of nitrogens with zero attached hydrogens (tertiary/aromatic N) is 1. The SMILES string of the molecule is CN(Cc1ccccc1)C(=O)c1cc(C(=O)NCCC(F)(F)F)c[nH]c1=O. The van der Waals surface area contributed by atoms with Gasteiger partial charge in [-0.1, -0.05) is 30.3 Å². The smallest absolute Gasteiger partial charge is 0.352 e. The molecule has 0 unspecified atom stereocenters. The molecule has 0 aliphatic heterocycles. The van der Waals surface area contributed by atoms with E-state index < -0.39 is 36.5 Å². The van der Waals surface area contributed by atoms with E-state index in [1.807, 2.05) is 30.3 Å². The fourth-order valence-electron chi connectivity index (χ4n) is 2.33. The monoisotopic (exact) mass is 381 g/mol. The van der Waals surface area contributed by atoms with Crippen molar-refractivity contribution in [2.75, 3.05) is 13.6 Å². The second-order valence-corrected chi connectivity index (χ2v) is 5.90. The predicted octanol–water partition coefficient (Wildman–Crippen LogP) is 2.33. The van der Waals surface area contributed by atoms with Gasteiger partial charge in [-0.3, -0.25) is 14.4 Å². The molecule has 2 N–H and O–H groups in total. The lowest BCUT2D eigenvalue weighted by atomic mass is 10.1. The Morgan fingerprint density at radius 2 is 1.85 bits per heavy atom. The molecular formula is C18H18F3N3O3. The minimum Gasteiger partial charge on any atom is -0.352 e. The molecule has 1 aromatic heterocycles. The summed E-state index contributed by atoms with van der Waals surface area (Å²) in [7, 11) is 1.50. The third-order valence-electron chi connectivity index (χ3n) is 3.70. The van der Waals surface area contributed by atoms with Crippen LogP contribution in [0.25, 0.3) is 0 Å². The third-order valence-corrected chi connectivity index (χ3v) is 3.70. The molecule has 0 fully saturated rings. The Labute approximate surface area is 153 Å². The van der Waals surface area contributed by atoms with Crippen LogP contribution in [0.2, 0.25) is 0 Å². The first-order valence-corrected chi connectivity index (χ1v) is 8.04. The number of amides is 2. The standard InChI is InChI=1S/C18H18F3N3O3/c1-24(11-12-5-3-2-4-6-12)17(27)14-9-13(10-23-16(14)26)15(25)22-8-7-18(19,20)21/h2-6,9-10H,7-8,11H2,1H3,(H,22,25)(H,23,26). The van der Waals surface area contributed by atoms with Crippen LogP contribution in [0, 0.1) is 0 Å². The summed E-state index contributed by atoms with van der Waals surface area (Å²) in [5.41, 5.74) is -0.206. The zero-order chi connectivity index (χ0) is 20.0. The van der Waals surface area contributed by atoms with E-state index in [0.29, 0.717) is 0 Å². The number of carbonyl (C=O) groups excluding carboxylic acids is 2. The molecule has 6 nitrogen and oxygen atoms in total. The number of aromatic amines is 1. The minimum atomic E-state index is -4.39. The number of nitrogens with one attached hydrogen (secondary N) is 2. The van der Waals surface area contributed by atoms with Gasteiger partial charge in [-0.25, -0.2) is 0 Å². The molecule has 0 atom stereocenters. The van der Waals surface area contributed by atoms with Gasteiger partial charge in [-0.2, -0.15) is 13.2 Å². The van der Waals surface area contributed by atoms with E-state index in [0.717, 1.165) is 17.8 Å². The van der Waals surface area contributed by atoms with Crippen molar-refractivity contribution >= 4 is 11.8 Å². The van der Waals surface area contributed by atoms with Gasteiger partial charge in [0.05, 0.1) is 12.0 Å². The van der Waals surface area contributed by atoms with E-state index in [1.54, 1.807) is 0 Å². The first-order valence-electron chi connectivity index (χ1n) is 8.04. The Kier molecular flexibility index (Phi) is 6.38. The van der Waals surface area contributed by atoms with Crippen molar-refractivity contribution in [3.63, 3.8) is 0 Å². The molecule has 0 radical (unpaired) electrons. The van der Waals surface area contributed by atoms with Gasteiger partial charge in [-0.15, -0.1) is 0 Å². The Morgan fingerprint density at radius 1 is 1.19 bits per heavy atom. The summed E-state index contributed by atoms with van der Waals surface area (Å²) in [6.45, 7) is -0.347. The summed E-state index contributed by atoms with van der Waals surface area (Å²) in [4.78, 5) is 40.0. The Bertz CT molecular complexity index is 863. The van der Waals surface area contributed by atoms with Crippen molar-refractivity contribution in [3.05, 3.63) is 69.6 Å². The van der Waals surface area contributed by atoms with Crippen LogP contribution in [0.4, 0.5) is 13.2 Å². The minimum absolute atomic E-state index is 0.103. The number of hydrogen-bond donors (Lipinski definition) is 2. The number of benzene rings is 1. The number of pyridine rings is 1. The highest BCUT2D eigenvalue weighted by atomic mass is 19.4. The summed E-state index contributed by atoms with van der Waals surface area (Å²) >= 11 is 0. The number of halogens is 3. The molecule has 0 spiro atoms. The molecule has 9 heteroatoms. The zero-order valence-electron chi connectivity index (χ0n) is 14.5. The van der Waals surface area contributed by atoms with Crippen LogP contribution in [0.3, 0.4) is 0 Å². The van der Waals surface area contributed by atoms with E-state index in [9.17, 15) is 27.6 Å². The largest absolute Gasteiger partial charge is 0.390 e. The van der Waals surface area contributed by atoms with Crippen molar-refractivity contribution in [1.29, 1.82) is 0 Å². The van der Waals surface area contributed by atoms with Crippen LogP contribution in [0.1, 0.15) is 32.7 Å². The quantitative estimate of drug-likeness (QED) is 0.806. The molecule has 2 aromatic rings. The third kappa shape index (κ3) is 5.98. The van der Waals surface area contributed by atoms with Crippen LogP contribution in [-0.2, 0) is 6.54 Å². The first kappa shape index (κ1) is 20.2. The number of aromatic nitrogens is 1. The summed E-state index contributed by atoms with van der Waals surface area (Å²) in [5.74, 6) is -1.42. The average molecular weight is 381 g/mol. The van der Waals surface area contributed by atoms with Gasteiger partial charge in [0.15, 0.2) is 0 Å². The maximum Gasteiger partial charge on any atom is 0.390 e. The molecule has 0 aliphatic rings. The maximum atomic E-state index is 12.5. The molecular weight excluding hydrogens is 363 g/mol. The van der Waals surface area contributed by atoms with Gasteiger partial charge in [-0.05, 0) is 11.6 Å². The number of rotatable bonds is 6. The van der Waals surface area contributed by atoms with E-state index in [-0.39, 0.29) is 17.7 Å². The lowest BCUT2D eigenvalue weighted by Gasteiger charge is -2.17. The van der Waals surface area contributed by atoms with Gasteiger partial charge in [0.1, 0.15) is 5.56 Å². The molecule has 2 amide bonds. The van der Waals surface area contributed by atoms with Crippen molar-refractivity contribution in [1.82, 2.24) is 15.2 Å². The second-order valence-electron chi connectivity index (χ2n) is 5.90. The van der Waals surface area contributed by atoms with Gasteiger partial charge in [0, 0.05) is 26.3 Å². The van der Waals surface area contributed by atoms with Gasteiger partial charge < -0.3 is 15.2 Å². The molecule has 1 aromatic carbocycles. The maximum absolute atomic E-state index is 12.5. The van der Waals surface area contributed by atoms with Gasteiger partial charge in [0.25, 0.3) is 17.4 Å². The van der Waals surface area contributed by atoms with Gasteiger partial charge in [0.2, 0.25) is 0 Å². The Balaban J connectivity index is 2.10. The van der Waals surface area contributed by atoms with E-state index in [2.05, 4.69) is 10.3 Å². The number of alkyl halides is 3. The average Bonchev–Trinajstić information content (AvgIpc) is 2.61. The fourth-order valence-corrected chi connectivity index (χ4v) is 2.33. The van der Waals surface area contributed by atoms with E-state index in [4.69, 9.17) is 0 Å². The molecule has 144 valence electrons. The fraction of sp³-hybridized carbons (Fsp3) is 0.278. The summed E-state index contributed by atoms with van der Waals surface area (Å²) in [6, 6.07) is 10.2. The van der Waals surface area contributed by atoms with Crippen LogP contribution in [0.15, 0.2) is 47.4 Å². The van der Waals surface area contributed by atoms with Crippen molar-refractivity contribution in [2.24, 2.45) is 0 Å². The van der Waals surface area contributed by atoms with Crippen molar-refractivity contribution in [2.45, 2.75) is 19.1 Å². The van der Waals surface area contributed by atoms with Crippen LogP contribution >= 0.6 is 0 Å². The molecule has 27 heavy (non-hydrogen) atoms. The van der Waals surface area contributed by atoms with Crippen LogP contribution in [-0.4, -0.2) is 41.5 Å². The number of carbonyl (C=O) groups is 2. The summed E-state index contributed by atoms with van der Waals surface area (Å²) < 4.78 is 36.5. The molecule has 0 saturated carbocycles. The van der Waals surface area contributed by atoms with Crippen molar-refractivity contribution in [3.8, 4) is 0 Å². The second kappa shape index (κ2) is 8.52. The lowest BCUT2D eigenvalue weighted by Crippen LogP contribution is -2.33. The Morgan fingerprint density at radius 3 is 2.48 bits per heavy atom. The van der Waals surface area contributed by atoms with Gasteiger partial charge >= 0.3 is 6.18 Å². The highest BCUT2D eigenvalue weighted by Crippen LogP contribution is 2.18. The molecule has 0 saturated heterocycles. The van der Waals surface area contributed by atoms with E-state index in [1.165, 1.54) is 11.9 Å². The zero-order valence-corrected chi connectivity index (χ0v) is 14.5. The molecule has 2 rings (SSSR count). The highest BCUT2D eigenvalue weighted by molar-refractivity contribution is 5.99. The van der Waals surface area contributed by atoms with Crippen LogP contribution in [0.5, 0.6) is 0 Å². The highest BCUT2D eigenvalue weighted by Gasteiger charge is 2.26. The normalized spacial score (nSPS) is 11.1. The summed E-state index contributed by atoms with van der Waals surface area (Å²) in [5, 5.41) is 2.10. The Hall–Kier alpha value is -3.10. The summed E-state index contributed by atoms with van der Waals surface area (Å²) in [6.07, 6.45) is -4.51. The van der Waals surface area contributed by atoms with E-state index >= 15 is 0 Å². The van der Waals surface area contributed by atoms with Crippen molar-refractivity contribution < 1.29 is 22.8 Å². The number of hydrogen-bond acceptors (Lipinski definition) is 3. The lowest BCUT2D eigenvalue weighted by molar-refractivity contribution is -0.132. The number of H-pyrrole nitrogens is 1. The first-order chi connectivity index (χ1) is 12.7. The molecule has 0 bridgehead atoms. The molecule has 1 heterocycles.